The summed E-state index contributed by atoms with van der Waals surface area (Å²) < 4.78 is 0. The van der Waals surface area contributed by atoms with Crippen LogP contribution in [-0.4, -0.2) is 211 Å². The summed E-state index contributed by atoms with van der Waals surface area (Å²) in [6.07, 6.45) is 2.46. The van der Waals surface area contributed by atoms with Crippen molar-refractivity contribution in [1.29, 1.82) is 0 Å². The van der Waals surface area contributed by atoms with Gasteiger partial charge in [0.25, 0.3) is 0 Å². The van der Waals surface area contributed by atoms with Crippen molar-refractivity contribution in [1.82, 2.24) is 9.80 Å². The first kappa shape index (κ1) is 37.1. The van der Waals surface area contributed by atoms with Gasteiger partial charge in [-0.15, -0.1) is 0 Å². The van der Waals surface area contributed by atoms with Gasteiger partial charge in [-0.1, -0.05) is 12.8 Å². The molecule has 0 aromatic carbocycles. The molecular weight excluding hydrogens is 416 g/mol. The first-order valence-corrected chi connectivity index (χ1v) is 7.56. The van der Waals surface area contributed by atoms with E-state index in [0.717, 1.165) is 12.8 Å². The average molecular weight is 438 g/mol. The van der Waals surface area contributed by atoms with Gasteiger partial charge < -0.3 is 20.4 Å². The minimum atomic E-state index is -1.19. The van der Waals surface area contributed by atoms with Crippen molar-refractivity contribution >= 4 is 142 Å². The van der Waals surface area contributed by atoms with Crippen molar-refractivity contribution in [2.24, 2.45) is 0 Å². The number of rotatable bonds is 10. The van der Waals surface area contributed by atoms with E-state index in [2.05, 4.69) is 0 Å². The van der Waals surface area contributed by atoms with Crippen molar-refractivity contribution < 1.29 is 39.6 Å². The molecule has 0 spiro atoms. The summed E-state index contributed by atoms with van der Waals surface area (Å²) in [6, 6.07) is -1.05. The molecule has 14 heteroatoms. The predicted molar refractivity (Wildman–Crippen MR) is 103 cm³/mol. The van der Waals surface area contributed by atoms with Crippen LogP contribution in [0.15, 0.2) is 0 Å². The van der Waals surface area contributed by atoms with Gasteiger partial charge in [0.2, 0.25) is 0 Å². The second-order valence-corrected chi connectivity index (χ2v) is 5.80. The number of carboxylic acid groups (broad SMARTS) is 4. The summed E-state index contributed by atoms with van der Waals surface area (Å²) in [4.78, 5) is 46.7. The molecule has 2 unspecified atom stereocenters. The fraction of sp³-hybridized carbons (Fsp3) is 0.714. The molecule has 0 saturated heterocycles. The predicted octanol–water partition coefficient (Wildman–Crippen LogP) is -2.28. The van der Waals surface area contributed by atoms with Crippen molar-refractivity contribution in [3.8, 4) is 0 Å². The zero-order chi connectivity index (χ0) is 18.3. The van der Waals surface area contributed by atoms with Crippen LogP contribution in [0.1, 0.15) is 25.7 Å². The topological polar surface area (TPSA) is 156 Å². The Morgan fingerprint density at radius 2 is 0.786 bits per heavy atom. The molecule has 1 rings (SSSR count). The van der Waals surface area contributed by atoms with Crippen LogP contribution < -0.4 is 0 Å². The summed E-state index contributed by atoms with van der Waals surface area (Å²) in [7, 11) is 0. The molecule has 1 aliphatic rings. The van der Waals surface area contributed by atoms with E-state index in [9.17, 15) is 19.2 Å². The zero-order valence-electron chi connectivity index (χ0n) is 17.1. The van der Waals surface area contributed by atoms with Gasteiger partial charge in [-0.25, -0.2) is 0 Å². The Morgan fingerprint density at radius 1 is 0.571 bits per heavy atom. The van der Waals surface area contributed by atoms with E-state index in [4.69, 9.17) is 20.4 Å². The first-order chi connectivity index (χ1) is 11.2. The molecule has 140 valence electrons. The van der Waals surface area contributed by atoms with E-state index in [0.29, 0.717) is 12.8 Å². The Morgan fingerprint density at radius 3 is 0.964 bits per heavy atom. The van der Waals surface area contributed by atoms with Crippen molar-refractivity contribution in [2.45, 2.75) is 37.8 Å². The van der Waals surface area contributed by atoms with E-state index < -0.39 is 62.1 Å². The molecule has 0 aromatic heterocycles. The van der Waals surface area contributed by atoms with Crippen LogP contribution in [0.4, 0.5) is 0 Å². The molecule has 1 saturated carbocycles. The average Bonchev–Trinajstić information content (AvgIpc) is 2.44. The molecule has 4 radical (unpaired) electrons. The maximum atomic E-state index is 11.0. The Labute approximate surface area is 251 Å². The van der Waals surface area contributed by atoms with Gasteiger partial charge in [0.05, 0.1) is 26.2 Å². The smallest absolute Gasteiger partial charge is 0.317 e. The van der Waals surface area contributed by atoms with Gasteiger partial charge in [-0.2, -0.15) is 0 Å². The summed E-state index contributed by atoms with van der Waals surface area (Å²) in [5.41, 5.74) is 0. The third kappa shape index (κ3) is 14.7. The SMILES string of the molecule is O=C(O)CN(CC(=O)O)C1CCCCC1N(CC(=O)O)CC(=O)O.[Na].[Na].[Na].[Na]. The quantitative estimate of drug-likeness (QED) is 0.274. The summed E-state index contributed by atoms with van der Waals surface area (Å²) in [6.45, 7) is -1.99. The van der Waals surface area contributed by atoms with Crippen LogP contribution >= 0.6 is 0 Å². The van der Waals surface area contributed by atoms with Crippen LogP contribution in [0.2, 0.25) is 0 Å². The van der Waals surface area contributed by atoms with Crippen molar-refractivity contribution in [3.05, 3.63) is 0 Å². The Bertz CT molecular complexity index is 436. The Kier molecular flexibility index (Phi) is 25.8. The largest absolute Gasteiger partial charge is 0.480 e. The van der Waals surface area contributed by atoms with Gasteiger partial charge in [0.15, 0.2) is 0 Å². The Hall–Kier alpha value is 1.80. The number of hydrogen-bond acceptors (Lipinski definition) is 6. The monoisotopic (exact) mass is 438 g/mol. The minimum absolute atomic E-state index is 0. The number of carbonyl (C=O) groups is 4. The fourth-order valence-electron chi connectivity index (χ4n) is 3.22. The summed E-state index contributed by atoms with van der Waals surface area (Å²) in [5.74, 6) is -4.76. The van der Waals surface area contributed by atoms with Crippen LogP contribution in [0, 0.1) is 0 Å². The molecule has 0 aromatic rings. The molecule has 0 amide bonds. The summed E-state index contributed by atoms with van der Waals surface area (Å²) >= 11 is 0. The third-order valence-electron chi connectivity index (χ3n) is 3.99. The molecule has 0 aliphatic heterocycles. The molecular formula is C14H22N2Na4O8. The van der Waals surface area contributed by atoms with E-state index in [-0.39, 0.29) is 118 Å². The molecule has 0 bridgehead atoms. The van der Waals surface area contributed by atoms with Gasteiger partial charge in [-0.3, -0.25) is 29.0 Å². The van der Waals surface area contributed by atoms with Crippen molar-refractivity contribution in [2.75, 3.05) is 26.2 Å². The molecule has 28 heavy (non-hydrogen) atoms. The number of aliphatic carboxylic acids is 4. The van der Waals surface area contributed by atoms with E-state index in [1.807, 2.05) is 0 Å². The molecule has 1 aliphatic carbocycles. The molecule has 2 atom stereocenters. The standard InChI is InChI=1S/C14H22N2O8.4Na/c17-11(18)5-15(6-12(19)20)9-3-1-2-4-10(9)16(7-13(21)22)8-14(23)24;;;;/h9-10H,1-8H2,(H,17,18)(H,19,20)(H,21,22)(H,23,24);;;;. The second-order valence-electron chi connectivity index (χ2n) is 5.80. The Balaban J connectivity index is -0.000000720. The normalized spacial score (nSPS) is 17.9. The maximum Gasteiger partial charge on any atom is 0.317 e. The molecule has 1 fully saturated rings. The minimum Gasteiger partial charge on any atom is -0.480 e. The van der Waals surface area contributed by atoms with Crippen LogP contribution in [0.5, 0.6) is 0 Å². The second kappa shape index (κ2) is 19.5. The number of carboxylic acids is 4. The van der Waals surface area contributed by atoms with Gasteiger partial charge in [0, 0.05) is 130 Å². The van der Waals surface area contributed by atoms with Crippen LogP contribution in [0.3, 0.4) is 0 Å². The van der Waals surface area contributed by atoms with Crippen LogP contribution in [0.25, 0.3) is 0 Å². The van der Waals surface area contributed by atoms with Gasteiger partial charge in [-0.05, 0) is 12.8 Å². The molecule has 10 nitrogen and oxygen atoms in total. The number of nitrogens with zero attached hydrogens (tertiary/aromatic N) is 2. The maximum absolute atomic E-state index is 11.0. The summed E-state index contributed by atoms with van der Waals surface area (Å²) in [5, 5.41) is 36.0. The number of hydrogen-bond donors (Lipinski definition) is 4. The van der Waals surface area contributed by atoms with E-state index >= 15 is 0 Å². The van der Waals surface area contributed by atoms with Crippen molar-refractivity contribution in [3.63, 3.8) is 0 Å². The fourth-order valence-corrected chi connectivity index (χ4v) is 3.22. The van der Waals surface area contributed by atoms with Gasteiger partial charge in [0.1, 0.15) is 0 Å². The zero-order valence-corrected chi connectivity index (χ0v) is 25.1. The third-order valence-corrected chi connectivity index (χ3v) is 3.99. The van der Waals surface area contributed by atoms with E-state index in [1.165, 1.54) is 9.80 Å². The molecule has 0 heterocycles. The first-order valence-electron chi connectivity index (χ1n) is 7.56. The van der Waals surface area contributed by atoms with Gasteiger partial charge >= 0.3 is 23.9 Å². The van der Waals surface area contributed by atoms with E-state index in [1.54, 1.807) is 0 Å². The van der Waals surface area contributed by atoms with Crippen LogP contribution in [-0.2, 0) is 19.2 Å². The molecule has 4 N–H and O–H groups in total.